The second-order valence-corrected chi connectivity index (χ2v) is 4.34. The molecule has 1 atom stereocenters. The summed E-state index contributed by atoms with van der Waals surface area (Å²) in [5, 5.41) is 0. The van der Waals surface area contributed by atoms with Crippen molar-refractivity contribution in [3.63, 3.8) is 0 Å². The Labute approximate surface area is 92.5 Å². The Bertz CT molecular complexity index is 328. The van der Waals surface area contributed by atoms with Gasteiger partial charge in [0.1, 0.15) is 0 Å². The number of Topliss-reactive ketones (excluding diaryl/α,β-unsaturated/α-hetero) is 1. The van der Waals surface area contributed by atoms with Gasteiger partial charge in [-0.1, -0.05) is 51.0 Å². The zero-order valence-corrected chi connectivity index (χ0v) is 9.92. The van der Waals surface area contributed by atoms with Crippen LogP contribution in [-0.2, 0) is 0 Å². The van der Waals surface area contributed by atoms with Crippen molar-refractivity contribution in [2.24, 2.45) is 5.92 Å². The van der Waals surface area contributed by atoms with Gasteiger partial charge >= 0.3 is 0 Å². The van der Waals surface area contributed by atoms with Crippen LogP contribution in [0.4, 0.5) is 0 Å². The first-order valence-corrected chi connectivity index (χ1v) is 5.74. The zero-order chi connectivity index (χ0) is 11.3. The number of carbonyl (C=O) groups is 1. The van der Waals surface area contributed by atoms with Crippen molar-refractivity contribution in [1.29, 1.82) is 0 Å². The minimum atomic E-state index is 0.286. The highest BCUT2D eigenvalue weighted by Crippen LogP contribution is 2.16. The van der Waals surface area contributed by atoms with E-state index in [1.807, 2.05) is 31.2 Å². The van der Waals surface area contributed by atoms with Crippen LogP contribution in [0.2, 0.25) is 0 Å². The van der Waals surface area contributed by atoms with Gasteiger partial charge in [-0.2, -0.15) is 0 Å². The molecular formula is C14H20O. The molecule has 1 heteroatoms. The zero-order valence-electron chi connectivity index (χ0n) is 9.92. The number of rotatable bonds is 5. The van der Waals surface area contributed by atoms with Crippen LogP contribution in [0, 0.1) is 12.8 Å². The lowest BCUT2D eigenvalue weighted by atomic mass is 9.94. The van der Waals surface area contributed by atoms with Crippen LogP contribution >= 0.6 is 0 Å². The van der Waals surface area contributed by atoms with E-state index < -0.39 is 0 Å². The maximum absolute atomic E-state index is 12.0. The van der Waals surface area contributed by atoms with Crippen LogP contribution in [0.5, 0.6) is 0 Å². The van der Waals surface area contributed by atoms with Gasteiger partial charge in [0.2, 0.25) is 0 Å². The molecule has 0 amide bonds. The van der Waals surface area contributed by atoms with E-state index in [0.717, 1.165) is 24.0 Å². The molecule has 0 heterocycles. The Hall–Kier alpha value is -1.11. The molecule has 1 aromatic rings. The number of benzene rings is 1. The molecule has 0 saturated carbocycles. The minimum absolute atomic E-state index is 0.286. The van der Waals surface area contributed by atoms with Crippen LogP contribution in [0.25, 0.3) is 0 Å². The predicted molar refractivity (Wildman–Crippen MR) is 64.2 cm³/mol. The first kappa shape index (κ1) is 12.0. The van der Waals surface area contributed by atoms with Gasteiger partial charge in [-0.05, 0) is 18.4 Å². The summed E-state index contributed by atoms with van der Waals surface area (Å²) in [5.74, 6) is 0.788. The first-order valence-electron chi connectivity index (χ1n) is 5.74. The number of aryl methyl sites for hydroxylation is 1. The van der Waals surface area contributed by atoms with Crippen molar-refractivity contribution in [3.05, 3.63) is 35.4 Å². The fourth-order valence-corrected chi connectivity index (χ4v) is 1.91. The van der Waals surface area contributed by atoms with E-state index in [1.54, 1.807) is 0 Å². The third kappa shape index (κ3) is 3.50. The van der Waals surface area contributed by atoms with Gasteiger partial charge in [-0.3, -0.25) is 4.79 Å². The molecule has 82 valence electrons. The summed E-state index contributed by atoms with van der Waals surface area (Å²) in [6.45, 7) is 6.31. The Kier molecular flexibility index (Phi) is 4.54. The molecule has 0 saturated heterocycles. The molecule has 1 nitrogen and oxygen atoms in total. The second kappa shape index (κ2) is 5.69. The van der Waals surface area contributed by atoms with Gasteiger partial charge in [0, 0.05) is 12.0 Å². The summed E-state index contributed by atoms with van der Waals surface area (Å²) in [7, 11) is 0. The van der Waals surface area contributed by atoms with Crippen LogP contribution < -0.4 is 0 Å². The fourth-order valence-electron chi connectivity index (χ4n) is 1.91. The maximum Gasteiger partial charge on any atom is 0.163 e. The van der Waals surface area contributed by atoms with Gasteiger partial charge in [0.05, 0.1) is 0 Å². The lowest BCUT2D eigenvalue weighted by Crippen LogP contribution is -2.07. The normalized spacial score (nSPS) is 12.5. The summed E-state index contributed by atoms with van der Waals surface area (Å²) in [6, 6.07) is 7.83. The standard InChI is InChI=1S/C14H20O/c1-4-7-11(2)10-14(15)13-9-6-5-8-12(13)3/h5-6,8-9,11H,4,7,10H2,1-3H3. The molecule has 0 aliphatic heterocycles. The SMILES string of the molecule is CCCC(C)CC(=O)c1ccccc1C. The lowest BCUT2D eigenvalue weighted by Gasteiger charge is -2.10. The molecular weight excluding hydrogens is 184 g/mol. The van der Waals surface area contributed by atoms with Crippen LogP contribution in [-0.4, -0.2) is 5.78 Å². The molecule has 0 spiro atoms. The molecule has 0 radical (unpaired) electrons. The Morgan fingerprint density at radius 3 is 2.60 bits per heavy atom. The summed E-state index contributed by atoms with van der Waals surface area (Å²) < 4.78 is 0. The van der Waals surface area contributed by atoms with Crippen molar-refractivity contribution in [1.82, 2.24) is 0 Å². The highest BCUT2D eigenvalue weighted by Gasteiger charge is 2.11. The molecule has 0 aliphatic rings. The average molecular weight is 204 g/mol. The van der Waals surface area contributed by atoms with Gasteiger partial charge in [0.15, 0.2) is 5.78 Å². The summed E-state index contributed by atoms with van der Waals surface area (Å²) >= 11 is 0. The largest absolute Gasteiger partial charge is 0.294 e. The fraction of sp³-hybridized carbons (Fsp3) is 0.500. The van der Waals surface area contributed by atoms with E-state index in [9.17, 15) is 4.79 Å². The highest BCUT2D eigenvalue weighted by atomic mass is 16.1. The molecule has 0 aliphatic carbocycles. The van der Waals surface area contributed by atoms with E-state index in [1.165, 1.54) is 0 Å². The Balaban J connectivity index is 2.65. The van der Waals surface area contributed by atoms with Crippen LogP contribution in [0.15, 0.2) is 24.3 Å². The second-order valence-electron chi connectivity index (χ2n) is 4.34. The van der Waals surface area contributed by atoms with E-state index in [2.05, 4.69) is 13.8 Å². The van der Waals surface area contributed by atoms with Crippen molar-refractivity contribution in [2.45, 2.75) is 40.0 Å². The van der Waals surface area contributed by atoms with Crippen molar-refractivity contribution in [2.75, 3.05) is 0 Å². The Morgan fingerprint density at radius 2 is 2.00 bits per heavy atom. The smallest absolute Gasteiger partial charge is 0.163 e. The lowest BCUT2D eigenvalue weighted by molar-refractivity contribution is 0.0962. The van der Waals surface area contributed by atoms with Crippen molar-refractivity contribution >= 4 is 5.78 Å². The van der Waals surface area contributed by atoms with E-state index in [0.29, 0.717) is 12.3 Å². The molecule has 1 rings (SSSR count). The van der Waals surface area contributed by atoms with E-state index in [4.69, 9.17) is 0 Å². The summed E-state index contributed by atoms with van der Waals surface area (Å²) in [5.41, 5.74) is 1.98. The van der Waals surface area contributed by atoms with E-state index >= 15 is 0 Å². The van der Waals surface area contributed by atoms with Crippen LogP contribution in [0.3, 0.4) is 0 Å². The molecule has 0 aromatic heterocycles. The van der Waals surface area contributed by atoms with Gasteiger partial charge in [-0.15, -0.1) is 0 Å². The van der Waals surface area contributed by atoms with Crippen LogP contribution in [0.1, 0.15) is 49.0 Å². The van der Waals surface area contributed by atoms with Crippen molar-refractivity contribution in [3.8, 4) is 0 Å². The molecule has 15 heavy (non-hydrogen) atoms. The van der Waals surface area contributed by atoms with Gasteiger partial charge in [-0.25, -0.2) is 0 Å². The van der Waals surface area contributed by atoms with Gasteiger partial charge in [0.25, 0.3) is 0 Å². The first-order chi connectivity index (χ1) is 7.15. The number of hydrogen-bond acceptors (Lipinski definition) is 1. The third-order valence-electron chi connectivity index (χ3n) is 2.76. The average Bonchev–Trinajstić information content (AvgIpc) is 2.18. The molecule has 0 bridgehead atoms. The summed E-state index contributed by atoms with van der Waals surface area (Å²) in [4.78, 5) is 12.0. The molecule has 0 fully saturated rings. The summed E-state index contributed by atoms with van der Waals surface area (Å²) in [6.07, 6.45) is 2.97. The maximum atomic E-state index is 12.0. The Morgan fingerprint density at radius 1 is 1.33 bits per heavy atom. The monoisotopic (exact) mass is 204 g/mol. The van der Waals surface area contributed by atoms with E-state index in [-0.39, 0.29) is 5.78 Å². The number of hydrogen-bond donors (Lipinski definition) is 0. The van der Waals surface area contributed by atoms with Gasteiger partial charge < -0.3 is 0 Å². The minimum Gasteiger partial charge on any atom is -0.294 e. The number of ketones is 1. The highest BCUT2D eigenvalue weighted by molar-refractivity contribution is 5.97. The topological polar surface area (TPSA) is 17.1 Å². The van der Waals surface area contributed by atoms with Crippen molar-refractivity contribution < 1.29 is 4.79 Å². The molecule has 0 N–H and O–H groups in total. The number of carbonyl (C=O) groups excluding carboxylic acids is 1. The third-order valence-corrected chi connectivity index (χ3v) is 2.76. The quantitative estimate of drug-likeness (QED) is 0.662. The molecule has 1 unspecified atom stereocenters. The molecule has 1 aromatic carbocycles. The predicted octanol–water partition coefficient (Wildman–Crippen LogP) is 4.00.